The fourth-order valence-corrected chi connectivity index (χ4v) is 5.87. The number of carboxylic acid groups (broad SMARTS) is 1. The molecule has 1 heterocycles. The smallest absolute Gasteiger partial charge is 0.475 e. The van der Waals surface area contributed by atoms with Gasteiger partial charge in [0.15, 0.2) is 0 Å². The average molecular weight is 571 g/mol. The molecule has 4 N–H and O–H groups in total. The van der Waals surface area contributed by atoms with Crippen molar-refractivity contribution in [2.75, 3.05) is 35.8 Å². The van der Waals surface area contributed by atoms with Crippen LogP contribution in [-0.4, -0.2) is 63.8 Å². The lowest BCUT2D eigenvalue weighted by molar-refractivity contribution is -0.192. The zero-order chi connectivity index (χ0) is 28.8. The van der Waals surface area contributed by atoms with E-state index in [4.69, 9.17) is 9.90 Å². The molecule has 1 aliphatic carbocycles. The lowest BCUT2D eigenvalue weighted by Crippen LogP contribution is -2.43. The van der Waals surface area contributed by atoms with Crippen LogP contribution in [0.1, 0.15) is 47.2 Å². The molecule has 0 radical (unpaired) electrons. The molecule has 2 aromatic rings. The van der Waals surface area contributed by atoms with Crippen LogP contribution < -0.4 is 20.3 Å². The van der Waals surface area contributed by atoms with Gasteiger partial charge in [0.1, 0.15) is 0 Å². The number of alkyl halides is 3. The first-order valence-electron chi connectivity index (χ1n) is 12.6. The summed E-state index contributed by atoms with van der Waals surface area (Å²) in [5.41, 5.74) is 3.39. The van der Waals surface area contributed by atoms with Crippen molar-refractivity contribution in [2.24, 2.45) is 0 Å². The lowest BCUT2D eigenvalue weighted by Gasteiger charge is -2.31. The van der Waals surface area contributed by atoms with Crippen molar-refractivity contribution in [2.45, 2.75) is 56.6 Å². The first-order chi connectivity index (χ1) is 18.3. The number of sulfonamides is 1. The van der Waals surface area contributed by atoms with E-state index in [-0.39, 0.29) is 16.8 Å². The molecule has 0 atom stereocenters. The molecule has 1 aliphatic heterocycles. The minimum absolute atomic E-state index is 0.157. The molecular weight excluding hydrogens is 537 g/mol. The summed E-state index contributed by atoms with van der Waals surface area (Å²) in [5.74, 6) is -2.91. The van der Waals surface area contributed by atoms with E-state index in [1.807, 2.05) is 19.1 Å². The van der Waals surface area contributed by atoms with E-state index in [9.17, 15) is 26.4 Å². The third kappa shape index (κ3) is 8.33. The number of aliphatic carboxylic acids is 1. The van der Waals surface area contributed by atoms with E-state index in [0.29, 0.717) is 16.8 Å². The third-order valence-corrected chi connectivity index (χ3v) is 8.04. The van der Waals surface area contributed by atoms with Crippen LogP contribution in [0.3, 0.4) is 0 Å². The van der Waals surface area contributed by atoms with Crippen molar-refractivity contribution >= 4 is 33.3 Å². The first kappa shape index (κ1) is 30.2. The number of carbonyl (C=O) groups is 2. The van der Waals surface area contributed by atoms with Crippen LogP contribution in [0.25, 0.3) is 0 Å². The second-order valence-electron chi connectivity index (χ2n) is 9.60. The van der Waals surface area contributed by atoms with Crippen molar-refractivity contribution in [1.29, 1.82) is 0 Å². The highest BCUT2D eigenvalue weighted by atomic mass is 32.2. The molecule has 4 rings (SSSR count). The Labute approximate surface area is 225 Å². The number of hydrogen-bond donors (Lipinski definition) is 4. The largest absolute Gasteiger partial charge is 0.490 e. The van der Waals surface area contributed by atoms with Crippen molar-refractivity contribution in [3.05, 3.63) is 53.1 Å². The van der Waals surface area contributed by atoms with Gasteiger partial charge in [-0.3, -0.25) is 9.52 Å². The lowest BCUT2D eigenvalue weighted by atomic mass is 10.1. The van der Waals surface area contributed by atoms with Gasteiger partial charge in [0.05, 0.1) is 16.3 Å². The van der Waals surface area contributed by atoms with Crippen LogP contribution >= 0.6 is 0 Å². The number of carbonyl (C=O) groups excluding carboxylic acids is 1. The van der Waals surface area contributed by atoms with Gasteiger partial charge in [-0.05, 0) is 56.5 Å². The van der Waals surface area contributed by atoms with Crippen LogP contribution in [-0.2, 0) is 14.8 Å². The summed E-state index contributed by atoms with van der Waals surface area (Å²) in [6, 6.07) is 10.8. The first-order valence-corrected chi connectivity index (χ1v) is 14.1. The van der Waals surface area contributed by atoms with Crippen LogP contribution in [0.4, 0.5) is 24.5 Å². The monoisotopic (exact) mass is 570 g/mol. The van der Waals surface area contributed by atoms with E-state index < -0.39 is 22.2 Å². The Morgan fingerprint density at radius 3 is 2.21 bits per heavy atom. The number of benzene rings is 2. The van der Waals surface area contributed by atoms with Crippen molar-refractivity contribution < 1.29 is 36.3 Å². The summed E-state index contributed by atoms with van der Waals surface area (Å²) in [6.45, 7) is 6.92. The minimum Gasteiger partial charge on any atom is -0.475 e. The summed E-state index contributed by atoms with van der Waals surface area (Å²) in [7, 11) is -3.81. The predicted molar refractivity (Wildman–Crippen MR) is 142 cm³/mol. The van der Waals surface area contributed by atoms with Gasteiger partial charge in [-0.2, -0.15) is 13.2 Å². The quantitative estimate of drug-likeness (QED) is 0.416. The highest BCUT2D eigenvalue weighted by Gasteiger charge is 2.38. The Kier molecular flexibility index (Phi) is 9.83. The van der Waals surface area contributed by atoms with E-state index in [2.05, 4.69) is 20.3 Å². The minimum atomic E-state index is -5.08. The van der Waals surface area contributed by atoms with E-state index in [0.717, 1.165) is 63.1 Å². The molecular formula is C26H33F3N4O5S. The van der Waals surface area contributed by atoms with Crippen LogP contribution in [0.15, 0.2) is 41.3 Å². The highest BCUT2D eigenvalue weighted by molar-refractivity contribution is 7.92. The summed E-state index contributed by atoms with van der Waals surface area (Å²) in [5, 5.41) is 13.5. The Hall–Kier alpha value is -3.32. The number of nitrogens with one attached hydrogen (secondary N) is 3. The van der Waals surface area contributed by atoms with E-state index in [1.165, 1.54) is 0 Å². The number of halogens is 3. The fraction of sp³-hybridized carbons (Fsp3) is 0.462. The van der Waals surface area contributed by atoms with Crippen LogP contribution in [0, 0.1) is 13.8 Å². The van der Waals surface area contributed by atoms with Crippen molar-refractivity contribution in [1.82, 2.24) is 10.6 Å². The molecule has 0 unspecified atom stereocenters. The number of hydrogen-bond acceptors (Lipinski definition) is 6. The Bertz CT molecular complexity index is 1290. The standard InChI is InChI=1S/C24H32N4O3S.C2HF3O2/c1-17-7-10-23(18(2)15-17)32(30,31)27-21-16-19(24(29)26-20-5-3-4-6-20)8-9-22(21)28-13-11-25-12-14-28;3-2(4,5)1(6)7/h7-10,15-16,20,25,27H,3-6,11-14H2,1-2H3,(H,26,29);(H,6,7). The maximum absolute atomic E-state index is 13.3. The van der Waals surface area contributed by atoms with Gasteiger partial charge >= 0.3 is 12.1 Å². The van der Waals surface area contributed by atoms with E-state index >= 15 is 0 Å². The van der Waals surface area contributed by atoms with Crippen molar-refractivity contribution in [3.63, 3.8) is 0 Å². The molecule has 13 heteroatoms. The highest BCUT2D eigenvalue weighted by Crippen LogP contribution is 2.31. The summed E-state index contributed by atoms with van der Waals surface area (Å²) < 4.78 is 61.1. The maximum Gasteiger partial charge on any atom is 0.490 e. The number of rotatable bonds is 6. The predicted octanol–water partition coefficient (Wildman–Crippen LogP) is 3.82. The van der Waals surface area contributed by atoms with E-state index in [1.54, 1.807) is 31.2 Å². The maximum atomic E-state index is 13.3. The normalized spacial score (nSPS) is 16.3. The number of carboxylic acids is 1. The second-order valence-corrected chi connectivity index (χ2v) is 11.3. The zero-order valence-electron chi connectivity index (χ0n) is 21.8. The van der Waals surface area contributed by atoms with Crippen LogP contribution in [0.5, 0.6) is 0 Å². The summed E-state index contributed by atoms with van der Waals surface area (Å²) >= 11 is 0. The molecule has 0 aromatic heterocycles. The SMILES string of the molecule is Cc1ccc(S(=O)(=O)Nc2cc(C(=O)NC3CCCC3)ccc2N2CCNCC2)c(C)c1.O=C(O)C(F)(F)F. The molecule has 1 amide bonds. The molecule has 0 bridgehead atoms. The zero-order valence-corrected chi connectivity index (χ0v) is 22.6. The third-order valence-electron chi connectivity index (χ3n) is 6.51. The summed E-state index contributed by atoms with van der Waals surface area (Å²) in [4.78, 5) is 24.1. The van der Waals surface area contributed by atoms with Gasteiger partial charge < -0.3 is 20.6 Å². The molecule has 2 aliphatic rings. The Morgan fingerprint density at radius 1 is 1.03 bits per heavy atom. The molecule has 1 saturated heterocycles. The van der Waals surface area contributed by atoms with Crippen LogP contribution in [0.2, 0.25) is 0 Å². The molecule has 0 spiro atoms. The van der Waals surface area contributed by atoms with Gasteiger partial charge in [0.2, 0.25) is 0 Å². The number of nitrogens with zero attached hydrogens (tertiary/aromatic N) is 1. The molecule has 214 valence electrons. The molecule has 1 saturated carbocycles. The van der Waals surface area contributed by atoms with Crippen molar-refractivity contribution in [3.8, 4) is 0 Å². The number of anilines is 2. The molecule has 9 nitrogen and oxygen atoms in total. The topological polar surface area (TPSA) is 128 Å². The number of amides is 1. The Balaban J connectivity index is 0.000000532. The average Bonchev–Trinajstić information content (AvgIpc) is 3.37. The number of aryl methyl sites for hydroxylation is 2. The Morgan fingerprint density at radius 2 is 1.64 bits per heavy atom. The van der Waals surface area contributed by atoms with Gasteiger partial charge in [0, 0.05) is 37.8 Å². The summed E-state index contributed by atoms with van der Waals surface area (Å²) in [6.07, 6.45) is -0.824. The molecule has 39 heavy (non-hydrogen) atoms. The van der Waals surface area contributed by atoms with Gasteiger partial charge in [0.25, 0.3) is 15.9 Å². The molecule has 2 aromatic carbocycles. The van der Waals surface area contributed by atoms with Gasteiger partial charge in [-0.15, -0.1) is 0 Å². The fourth-order valence-electron chi connectivity index (χ4n) is 4.58. The van der Waals surface area contributed by atoms with Gasteiger partial charge in [-0.25, -0.2) is 13.2 Å². The number of piperazine rings is 1. The molecule has 2 fully saturated rings. The van der Waals surface area contributed by atoms with Gasteiger partial charge in [-0.1, -0.05) is 30.5 Å². The second kappa shape index (κ2) is 12.7.